The van der Waals surface area contributed by atoms with Crippen LogP contribution in [0.5, 0.6) is 0 Å². The lowest BCUT2D eigenvalue weighted by atomic mass is 9.87. The number of rotatable bonds is 7. The summed E-state index contributed by atoms with van der Waals surface area (Å²) >= 11 is 0. The summed E-state index contributed by atoms with van der Waals surface area (Å²) in [6.45, 7) is 0.918. The summed E-state index contributed by atoms with van der Waals surface area (Å²) in [5, 5.41) is 5.79. The molecular formula is C23H34N4O3. The summed E-state index contributed by atoms with van der Waals surface area (Å²) in [6, 6.07) is 6.84. The van der Waals surface area contributed by atoms with Gasteiger partial charge in [-0.3, -0.25) is 14.4 Å². The fourth-order valence-electron chi connectivity index (χ4n) is 4.45. The number of anilines is 1. The van der Waals surface area contributed by atoms with Crippen molar-refractivity contribution in [2.24, 2.45) is 11.7 Å². The molecule has 4 N–H and O–H groups in total. The molecule has 2 fully saturated rings. The van der Waals surface area contributed by atoms with Crippen molar-refractivity contribution in [3.63, 3.8) is 0 Å². The smallest absolute Gasteiger partial charge is 0.245 e. The van der Waals surface area contributed by atoms with Crippen LogP contribution >= 0.6 is 0 Å². The lowest BCUT2D eigenvalue weighted by Gasteiger charge is -2.26. The molecule has 1 atom stereocenters. The number of nitrogens with one attached hydrogen (secondary N) is 2. The van der Waals surface area contributed by atoms with Gasteiger partial charge in [-0.25, -0.2) is 0 Å². The van der Waals surface area contributed by atoms with Gasteiger partial charge in [0.25, 0.3) is 0 Å². The van der Waals surface area contributed by atoms with Crippen LogP contribution in [0.15, 0.2) is 24.3 Å². The molecule has 0 radical (unpaired) electrons. The Morgan fingerprint density at radius 3 is 2.57 bits per heavy atom. The summed E-state index contributed by atoms with van der Waals surface area (Å²) in [5.41, 5.74) is 7.25. The first-order chi connectivity index (χ1) is 14.5. The monoisotopic (exact) mass is 414 g/mol. The predicted molar refractivity (Wildman–Crippen MR) is 117 cm³/mol. The molecule has 2 aliphatic rings. The Morgan fingerprint density at radius 2 is 1.80 bits per heavy atom. The highest BCUT2D eigenvalue weighted by Gasteiger charge is 2.30. The zero-order valence-corrected chi connectivity index (χ0v) is 17.7. The van der Waals surface area contributed by atoms with E-state index in [1.165, 1.54) is 19.3 Å². The zero-order chi connectivity index (χ0) is 21.3. The molecule has 7 nitrogen and oxygen atoms in total. The first-order valence-corrected chi connectivity index (χ1v) is 11.2. The second kappa shape index (κ2) is 11.1. The molecule has 164 valence electrons. The van der Waals surface area contributed by atoms with Crippen molar-refractivity contribution in [2.75, 3.05) is 18.4 Å². The Labute approximate surface area is 178 Å². The zero-order valence-electron chi connectivity index (χ0n) is 17.7. The Bertz CT molecular complexity index is 746. The summed E-state index contributed by atoms with van der Waals surface area (Å²) in [4.78, 5) is 39.5. The van der Waals surface area contributed by atoms with Gasteiger partial charge in [-0.2, -0.15) is 0 Å². The van der Waals surface area contributed by atoms with Crippen molar-refractivity contribution in [1.82, 2.24) is 10.2 Å². The molecule has 0 spiro atoms. The molecule has 1 unspecified atom stereocenters. The van der Waals surface area contributed by atoms with Crippen LogP contribution in [0, 0.1) is 5.92 Å². The van der Waals surface area contributed by atoms with Gasteiger partial charge in [-0.1, -0.05) is 31.4 Å². The second-order valence-corrected chi connectivity index (χ2v) is 8.54. The molecule has 0 bridgehead atoms. The summed E-state index contributed by atoms with van der Waals surface area (Å²) < 4.78 is 0. The number of carbonyl (C=O) groups excluding carboxylic acids is 3. The van der Waals surface area contributed by atoms with Crippen LogP contribution < -0.4 is 16.4 Å². The normalized spacial score (nSPS) is 20.5. The third kappa shape index (κ3) is 6.55. The van der Waals surface area contributed by atoms with Gasteiger partial charge in [-0.15, -0.1) is 0 Å². The molecule has 1 aromatic rings. The van der Waals surface area contributed by atoms with Gasteiger partial charge in [0.15, 0.2) is 0 Å². The molecule has 7 heteroatoms. The van der Waals surface area contributed by atoms with Crippen molar-refractivity contribution in [1.29, 1.82) is 0 Å². The minimum atomic E-state index is -0.531. The lowest BCUT2D eigenvalue weighted by Crippen LogP contribution is -2.49. The molecule has 3 rings (SSSR count). The highest BCUT2D eigenvalue weighted by atomic mass is 16.2. The number of nitrogens with zero attached hydrogens (tertiary/aromatic N) is 1. The number of hydrogen-bond acceptors (Lipinski definition) is 4. The fourth-order valence-corrected chi connectivity index (χ4v) is 4.45. The molecule has 1 heterocycles. The quantitative estimate of drug-likeness (QED) is 0.638. The summed E-state index contributed by atoms with van der Waals surface area (Å²) in [5.74, 6) is -0.00185. The van der Waals surface area contributed by atoms with Crippen molar-refractivity contribution >= 4 is 23.4 Å². The summed E-state index contributed by atoms with van der Waals surface area (Å²) in [6.07, 6.45) is 8.66. The fraction of sp³-hybridized carbons (Fsp3) is 0.609. The van der Waals surface area contributed by atoms with E-state index in [-0.39, 0.29) is 24.3 Å². The van der Waals surface area contributed by atoms with Gasteiger partial charge >= 0.3 is 0 Å². The SMILES string of the molecule is NCc1cccc(NC(=O)CN2CCCCC(NC(=O)CC3CCCCC3)C2=O)c1. The van der Waals surface area contributed by atoms with Crippen LogP contribution in [-0.4, -0.2) is 41.8 Å². The second-order valence-electron chi connectivity index (χ2n) is 8.54. The van der Waals surface area contributed by atoms with E-state index in [1.54, 1.807) is 11.0 Å². The maximum absolute atomic E-state index is 13.0. The molecule has 1 saturated heterocycles. The maximum Gasteiger partial charge on any atom is 0.245 e. The molecule has 3 amide bonds. The number of likely N-dealkylation sites (tertiary alicyclic amines) is 1. The van der Waals surface area contributed by atoms with Gasteiger partial charge < -0.3 is 21.3 Å². The van der Waals surface area contributed by atoms with E-state index >= 15 is 0 Å². The van der Waals surface area contributed by atoms with Crippen LogP contribution in [0.4, 0.5) is 5.69 Å². The minimum Gasteiger partial charge on any atom is -0.344 e. The predicted octanol–water partition coefficient (Wildman–Crippen LogP) is 2.55. The standard InChI is InChI=1S/C23H34N4O3/c24-15-18-9-6-10-19(13-18)25-22(29)16-27-12-5-4-11-20(23(27)30)26-21(28)14-17-7-2-1-3-8-17/h6,9-10,13,17,20H,1-5,7-8,11-12,14-16,24H2,(H,25,29)(H,26,28). The van der Waals surface area contributed by atoms with Crippen molar-refractivity contribution in [2.45, 2.75) is 70.4 Å². The molecule has 1 saturated carbocycles. The lowest BCUT2D eigenvalue weighted by molar-refractivity contribution is -0.138. The molecule has 1 aromatic carbocycles. The van der Waals surface area contributed by atoms with Crippen LogP contribution in [0.1, 0.15) is 63.4 Å². The topological polar surface area (TPSA) is 105 Å². The Kier molecular flexibility index (Phi) is 8.25. The van der Waals surface area contributed by atoms with E-state index in [1.807, 2.05) is 18.2 Å². The molecule has 30 heavy (non-hydrogen) atoms. The average molecular weight is 415 g/mol. The molecular weight excluding hydrogens is 380 g/mol. The van der Waals surface area contributed by atoms with Crippen LogP contribution in [-0.2, 0) is 20.9 Å². The van der Waals surface area contributed by atoms with Crippen molar-refractivity contribution < 1.29 is 14.4 Å². The number of hydrogen-bond donors (Lipinski definition) is 3. The van der Waals surface area contributed by atoms with E-state index in [9.17, 15) is 14.4 Å². The van der Waals surface area contributed by atoms with Gasteiger partial charge in [0.05, 0.1) is 6.54 Å². The van der Waals surface area contributed by atoms with Crippen molar-refractivity contribution in [3.8, 4) is 0 Å². The van der Waals surface area contributed by atoms with E-state index in [0.717, 1.165) is 31.2 Å². The first kappa shape index (κ1) is 22.3. The largest absolute Gasteiger partial charge is 0.344 e. The first-order valence-electron chi connectivity index (χ1n) is 11.2. The third-order valence-corrected chi connectivity index (χ3v) is 6.10. The van der Waals surface area contributed by atoms with Gasteiger partial charge in [-0.05, 0) is 55.7 Å². The number of amides is 3. The van der Waals surface area contributed by atoms with Crippen LogP contribution in [0.3, 0.4) is 0 Å². The third-order valence-electron chi connectivity index (χ3n) is 6.10. The van der Waals surface area contributed by atoms with Gasteiger partial charge in [0, 0.05) is 25.2 Å². The van der Waals surface area contributed by atoms with Gasteiger partial charge in [0.1, 0.15) is 6.04 Å². The highest BCUT2D eigenvalue weighted by molar-refractivity contribution is 5.96. The van der Waals surface area contributed by atoms with E-state index in [4.69, 9.17) is 5.73 Å². The van der Waals surface area contributed by atoms with E-state index in [2.05, 4.69) is 10.6 Å². The average Bonchev–Trinajstić information content (AvgIpc) is 2.90. The Balaban J connectivity index is 1.53. The number of nitrogens with two attached hydrogens (primary N) is 1. The van der Waals surface area contributed by atoms with Crippen LogP contribution in [0.2, 0.25) is 0 Å². The molecule has 1 aliphatic carbocycles. The molecule has 0 aromatic heterocycles. The van der Waals surface area contributed by atoms with Crippen LogP contribution in [0.25, 0.3) is 0 Å². The van der Waals surface area contributed by atoms with E-state index < -0.39 is 6.04 Å². The Hall–Kier alpha value is -2.41. The Morgan fingerprint density at radius 1 is 1.03 bits per heavy atom. The minimum absolute atomic E-state index is 0.0132. The molecule has 1 aliphatic heterocycles. The summed E-state index contributed by atoms with van der Waals surface area (Å²) in [7, 11) is 0. The highest BCUT2D eigenvalue weighted by Crippen LogP contribution is 2.26. The van der Waals surface area contributed by atoms with Gasteiger partial charge in [0.2, 0.25) is 17.7 Å². The maximum atomic E-state index is 13.0. The number of carbonyl (C=O) groups is 3. The van der Waals surface area contributed by atoms with Crippen molar-refractivity contribution in [3.05, 3.63) is 29.8 Å². The number of benzene rings is 1. The van der Waals surface area contributed by atoms with E-state index in [0.29, 0.717) is 37.5 Å².